The molecule has 146 valence electrons. The number of rotatable bonds is 4. The van der Waals surface area contributed by atoms with Crippen LogP contribution in [0.5, 0.6) is 0 Å². The second-order valence-corrected chi connectivity index (χ2v) is 8.52. The van der Waals surface area contributed by atoms with E-state index < -0.39 is 5.92 Å². The molecule has 0 aliphatic heterocycles. The lowest BCUT2D eigenvalue weighted by Crippen LogP contribution is -2.21. The Bertz CT molecular complexity index is 1210. The number of benzene rings is 1. The van der Waals surface area contributed by atoms with E-state index >= 15 is 0 Å². The standard InChI is InChI=1S/C21H15Cl2IN4O/c1-12(21(29)26-16-3-2-10-25-20(16)23)19-18(13-4-7-15(24)8-5-13)27-17-9-6-14(22)11-28(17)19/h2-12H,1H3,(H,26,29). The van der Waals surface area contributed by atoms with Gasteiger partial charge in [0.25, 0.3) is 0 Å². The van der Waals surface area contributed by atoms with Gasteiger partial charge >= 0.3 is 0 Å². The fraction of sp³-hybridized carbons (Fsp3) is 0.0952. The molecule has 29 heavy (non-hydrogen) atoms. The highest BCUT2D eigenvalue weighted by Crippen LogP contribution is 2.32. The molecule has 1 unspecified atom stereocenters. The van der Waals surface area contributed by atoms with Crippen molar-refractivity contribution in [3.05, 3.63) is 80.4 Å². The summed E-state index contributed by atoms with van der Waals surface area (Å²) in [4.78, 5) is 21.8. The van der Waals surface area contributed by atoms with E-state index in [9.17, 15) is 4.79 Å². The van der Waals surface area contributed by atoms with E-state index in [1.807, 2.05) is 41.7 Å². The predicted molar refractivity (Wildman–Crippen MR) is 125 cm³/mol. The molecule has 0 saturated carbocycles. The number of hydrogen-bond acceptors (Lipinski definition) is 3. The summed E-state index contributed by atoms with van der Waals surface area (Å²) in [7, 11) is 0. The number of hydrogen-bond donors (Lipinski definition) is 1. The zero-order chi connectivity index (χ0) is 20.5. The molecule has 4 aromatic rings. The zero-order valence-electron chi connectivity index (χ0n) is 15.2. The van der Waals surface area contributed by atoms with Crippen molar-refractivity contribution in [3.63, 3.8) is 0 Å². The van der Waals surface area contributed by atoms with Crippen LogP contribution in [0.2, 0.25) is 10.2 Å². The maximum Gasteiger partial charge on any atom is 0.233 e. The number of carbonyl (C=O) groups excluding carboxylic acids is 1. The maximum atomic E-state index is 13.1. The van der Waals surface area contributed by atoms with Crippen molar-refractivity contribution in [2.24, 2.45) is 0 Å². The minimum absolute atomic E-state index is 0.214. The van der Waals surface area contributed by atoms with Crippen LogP contribution >= 0.6 is 45.8 Å². The van der Waals surface area contributed by atoms with Crippen LogP contribution in [0.3, 0.4) is 0 Å². The molecule has 1 amide bonds. The van der Waals surface area contributed by atoms with Crippen LogP contribution in [0.25, 0.3) is 16.9 Å². The second kappa shape index (κ2) is 8.30. The summed E-state index contributed by atoms with van der Waals surface area (Å²) in [6.45, 7) is 1.83. The van der Waals surface area contributed by atoms with E-state index in [0.29, 0.717) is 10.7 Å². The Morgan fingerprint density at radius 3 is 2.62 bits per heavy atom. The van der Waals surface area contributed by atoms with Gasteiger partial charge in [-0.3, -0.25) is 4.79 Å². The summed E-state index contributed by atoms with van der Waals surface area (Å²) in [5.41, 5.74) is 3.61. The van der Waals surface area contributed by atoms with Crippen LogP contribution in [0.4, 0.5) is 5.69 Å². The van der Waals surface area contributed by atoms with Crippen LogP contribution in [0.15, 0.2) is 60.9 Å². The van der Waals surface area contributed by atoms with Crippen molar-refractivity contribution in [2.45, 2.75) is 12.8 Å². The lowest BCUT2D eigenvalue weighted by Gasteiger charge is -2.15. The fourth-order valence-corrected chi connectivity index (χ4v) is 3.80. The highest BCUT2D eigenvalue weighted by atomic mass is 127. The van der Waals surface area contributed by atoms with Gasteiger partial charge in [-0.2, -0.15) is 0 Å². The smallest absolute Gasteiger partial charge is 0.233 e. The quantitative estimate of drug-likeness (QED) is 0.255. The van der Waals surface area contributed by atoms with Crippen molar-refractivity contribution in [3.8, 4) is 11.3 Å². The third-order valence-corrected chi connectivity index (χ3v) is 5.80. The average Bonchev–Trinajstić information content (AvgIpc) is 3.08. The summed E-state index contributed by atoms with van der Waals surface area (Å²) in [6.07, 6.45) is 3.35. The number of anilines is 1. The number of carbonyl (C=O) groups is 1. The first-order valence-corrected chi connectivity index (χ1v) is 10.6. The van der Waals surface area contributed by atoms with Gasteiger partial charge in [0.15, 0.2) is 5.15 Å². The molecule has 0 fully saturated rings. The molecular formula is C21H15Cl2IN4O. The molecule has 3 heterocycles. The molecule has 0 bridgehead atoms. The molecule has 0 aliphatic carbocycles. The first-order valence-electron chi connectivity index (χ1n) is 8.79. The molecule has 4 rings (SSSR count). The number of imidazole rings is 1. The van der Waals surface area contributed by atoms with E-state index in [4.69, 9.17) is 28.2 Å². The van der Waals surface area contributed by atoms with Gasteiger partial charge in [0.05, 0.1) is 28.0 Å². The van der Waals surface area contributed by atoms with Crippen molar-refractivity contribution in [1.29, 1.82) is 0 Å². The highest BCUT2D eigenvalue weighted by molar-refractivity contribution is 14.1. The lowest BCUT2D eigenvalue weighted by molar-refractivity contribution is -0.117. The fourth-order valence-electron chi connectivity index (χ4n) is 3.12. The van der Waals surface area contributed by atoms with Crippen LogP contribution in [0.1, 0.15) is 18.5 Å². The van der Waals surface area contributed by atoms with E-state index in [1.54, 1.807) is 30.6 Å². The van der Waals surface area contributed by atoms with Crippen molar-refractivity contribution in [2.75, 3.05) is 5.32 Å². The summed E-state index contributed by atoms with van der Waals surface area (Å²) in [5, 5.41) is 3.66. The Balaban J connectivity index is 1.81. The Kier molecular flexibility index (Phi) is 5.76. The average molecular weight is 537 g/mol. The van der Waals surface area contributed by atoms with Gasteiger partial charge in [0.1, 0.15) is 5.65 Å². The topological polar surface area (TPSA) is 59.3 Å². The first kappa shape index (κ1) is 20.1. The Hall–Kier alpha value is -2.16. The van der Waals surface area contributed by atoms with Gasteiger partial charge in [-0.15, -0.1) is 0 Å². The third-order valence-electron chi connectivity index (χ3n) is 4.56. The molecule has 5 nitrogen and oxygen atoms in total. The number of amides is 1. The third kappa shape index (κ3) is 4.10. The Morgan fingerprint density at radius 1 is 1.14 bits per heavy atom. The van der Waals surface area contributed by atoms with Gasteiger partial charge in [0.2, 0.25) is 5.91 Å². The van der Waals surface area contributed by atoms with E-state index in [1.165, 1.54) is 0 Å². The molecule has 0 spiro atoms. The van der Waals surface area contributed by atoms with E-state index in [2.05, 4.69) is 32.9 Å². The molecule has 0 radical (unpaired) electrons. The summed E-state index contributed by atoms with van der Waals surface area (Å²) >= 11 is 14.6. The molecule has 3 aromatic heterocycles. The second-order valence-electron chi connectivity index (χ2n) is 6.48. The number of fused-ring (bicyclic) bond motifs is 1. The largest absolute Gasteiger partial charge is 0.323 e. The predicted octanol–water partition coefficient (Wildman–Crippen LogP) is 6.05. The summed E-state index contributed by atoms with van der Waals surface area (Å²) in [6, 6.07) is 15.1. The van der Waals surface area contributed by atoms with Crippen LogP contribution < -0.4 is 5.32 Å². The van der Waals surface area contributed by atoms with Gasteiger partial charge in [-0.25, -0.2) is 9.97 Å². The van der Waals surface area contributed by atoms with E-state index in [0.717, 1.165) is 26.2 Å². The zero-order valence-corrected chi connectivity index (χ0v) is 18.9. The Morgan fingerprint density at radius 2 is 1.90 bits per heavy atom. The highest BCUT2D eigenvalue weighted by Gasteiger charge is 2.25. The first-order chi connectivity index (χ1) is 13.9. The van der Waals surface area contributed by atoms with Crippen LogP contribution in [-0.4, -0.2) is 20.3 Å². The van der Waals surface area contributed by atoms with E-state index in [-0.39, 0.29) is 11.1 Å². The van der Waals surface area contributed by atoms with Crippen molar-refractivity contribution >= 4 is 63.0 Å². The SMILES string of the molecule is CC(C(=O)Nc1cccnc1Cl)c1c(-c2ccc(I)cc2)nc2ccc(Cl)cn12. The van der Waals surface area contributed by atoms with Crippen LogP contribution in [-0.2, 0) is 4.79 Å². The number of pyridine rings is 2. The minimum atomic E-state index is -0.519. The number of aromatic nitrogens is 3. The minimum Gasteiger partial charge on any atom is -0.323 e. The van der Waals surface area contributed by atoms with Crippen LogP contribution in [0, 0.1) is 3.57 Å². The molecule has 0 aliphatic rings. The van der Waals surface area contributed by atoms with Gasteiger partial charge < -0.3 is 9.72 Å². The van der Waals surface area contributed by atoms with Gasteiger partial charge in [0, 0.05) is 21.5 Å². The number of nitrogens with zero attached hydrogens (tertiary/aromatic N) is 3. The normalized spacial score (nSPS) is 12.1. The molecule has 8 heteroatoms. The molecular weight excluding hydrogens is 522 g/mol. The Labute approximate surface area is 191 Å². The number of halogens is 3. The molecule has 1 atom stereocenters. The molecule has 1 aromatic carbocycles. The maximum absolute atomic E-state index is 13.1. The van der Waals surface area contributed by atoms with Gasteiger partial charge in [-0.1, -0.05) is 35.3 Å². The number of nitrogens with one attached hydrogen (secondary N) is 1. The summed E-state index contributed by atoms with van der Waals surface area (Å²) in [5.74, 6) is -0.734. The van der Waals surface area contributed by atoms with Gasteiger partial charge in [-0.05, 0) is 65.9 Å². The molecule has 1 N–H and O–H groups in total. The summed E-state index contributed by atoms with van der Waals surface area (Å²) < 4.78 is 2.99. The van der Waals surface area contributed by atoms with Crippen molar-refractivity contribution < 1.29 is 4.79 Å². The molecule has 0 saturated heterocycles. The monoisotopic (exact) mass is 536 g/mol. The van der Waals surface area contributed by atoms with Crippen molar-refractivity contribution in [1.82, 2.24) is 14.4 Å². The lowest BCUT2D eigenvalue weighted by atomic mass is 10.0.